The van der Waals surface area contributed by atoms with Crippen molar-refractivity contribution in [3.8, 4) is 11.3 Å². The molecule has 0 spiro atoms. The first-order valence-corrected chi connectivity index (χ1v) is 7.52. The fraction of sp³-hybridized carbons (Fsp3) is 0.400. The van der Waals surface area contributed by atoms with Crippen LogP contribution in [0, 0.1) is 0 Å². The number of aromatic amines is 1. The Hall–Kier alpha value is -1.52. The van der Waals surface area contributed by atoms with Crippen molar-refractivity contribution in [2.24, 2.45) is 0 Å². The smallest absolute Gasteiger partial charge is 0.152 e. The highest BCUT2D eigenvalue weighted by atomic mass is 35.5. The van der Waals surface area contributed by atoms with Crippen molar-refractivity contribution in [2.45, 2.75) is 25.3 Å². The van der Waals surface area contributed by atoms with E-state index in [0.717, 1.165) is 48.9 Å². The molecule has 5 heteroatoms. The third-order valence-corrected chi connectivity index (χ3v) is 4.49. The van der Waals surface area contributed by atoms with Crippen molar-refractivity contribution >= 4 is 17.4 Å². The Kier molecular flexibility index (Phi) is 2.93. The lowest BCUT2D eigenvalue weighted by Gasteiger charge is -2.23. The number of benzene rings is 1. The standard InChI is InChI=1S/C15H17ClN4/c16-10-1-2-12-9(7-10)8-13-14(12)19-20-15(13)18-11-3-5-17-6-4-11/h1-2,7,11,17H,3-6,8H2,(H2,18,19,20). The molecule has 0 amide bonds. The molecule has 1 saturated heterocycles. The Morgan fingerprint density at radius 1 is 1.25 bits per heavy atom. The summed E-state index contributed by atoms with van der Waals surface area (Å²) in [4.78, 5) is 0. The molecule has 1 aliphatic carbocycles. The molecule has 1 aromatic carbocycles. The lowest BCUT2D eigenvalue weighted by molar-refractivity contribution is 0.478. The fourth-order valence-corrected chi connectivity index (χ4v) is 3.38. The van der Waals surface area contributed by atoms with Gasteiger partial charge in [0.2, 0.25) is 0 Å². The molecule has 1 aliphatic heterocycles. The number of piperidine rings is 1. The van der Waals surface area contributed by atoms with E-state index in [1.807, 2.05) is 6.07 Å². The van der Waals surface area contributed by atoms with Gasteiger partial charge in [0.15, 0.2) is 5.82 Å². The van der Waals surface area contributed by atoms with Gasteiger partial charge in [-0.1, -0.05) is 17.7 Å². The van der Waals surface area contributed by atoms with E-state index in [2.05, 4.69) is 33.0 Å². The summed E-state index contributed by atoms with van der Waals surface area (Å²) in [6.07, 6.45) is 3.22. The van der Waals surface area contributed by atoms with E-state index in [9.17, 15) is 0 Å². The average molecular weight is 289 g/mol. The van der Waals surface area contributed by atoms with Gasteiger partial charge < -0.3 is 10.6 Å². The molecule has 104 valence electrons. The second-order valence-electron chi connectivity index (χ2n) is 5.57. The van der Waals surface area contributed by atoms with Crippen molar-refractivity contribution in [1.82, 2.24) is 15.5 Å². The lowest BCUT2D eigenvalue weighted by Crippen LogP contribution is -2.35. The van der Waals surface area contributed by atoms with Crippen molar-refractivity contribution in [3.05, 3.63) is 34.3 Å². The topological polar surface area (TPSA) is 52.7 Å². The molecule has 3 N–H and O–H groups in total. The molecule has 0 bridgehead atoms. The average Bonchev–Trinajstić information content (AvgIpc) is 2.99. The van der Waals surface area contributed by atoms with Gasteiger partial charge in [-0.05, 0) is 43.6 Å². The monoisotopic (exact) mass is 288 g/mol. The summed E-state index contributed by atoms with van der Waals surface area (Å²) in [6, 6.07) is 6.60. The zero-order valence-electron chi connectivity index (χ0n) is 11.2. The van der Waals surface area contributed by atoms with Crippen molar-refractivity contribution in [1.29, 1.82) is 0 Å². The third-order valence-electron chi connectivity index (χ3n) is 4.25. The quantitative estimate of drug-likeness (QED) is 0.680. The van der Waals surface area contributed by atoms with Gasteiger partial charge >= 0.3 is 0 Å². The van der Waals surface area contributed by atoms with Crippen LogP contribution in [0.4, 0.5) is 5.82 Å². The van der Waals surface area contributed by atoms with Crippen LogP contribution in [0.1, 0.15) is 24.0 Å². The minimum atomic E-state index is 0.524. The minimum Gasteiger partial charge on any atom is -0.366 e. The summed E-state index contributed by atoms with van der Waals surface area (Å²) in [6.45, 7) is 2.17. The Morgan fingerprint density at radius 3 is 2.95 bits per heavy atom. The molecule has 0 atom stereocenters. The molecular formula is C15H17ClN4. The van der Waals surface area contributed by atoms with E-state index in [-0.39, 0.29) is 0 Å². The lowest BCUT2D eigenvalue weighted by atomic mass is 10.1. The Labute approximate surface area is 122 Å². The Morgan fingerprint density at radius 2 is 2.10 bits per heavy atom. The maximum absolute atomic E-state index is 6.08. The number of fused-ring (bicyclic) bond motifs is 3. The Balaban J connectivity index is 1.62. The van der Waals surface area contributed by atoms with Crippen molar-refractivity contribution in [2.75, 3.05) is 18.4 Å². The largest absolute Gasteiger partial charge is 0.366 e. The normalized spacial score (nSPS) is 17.9. The molecule has 1 fully saturated rings. The second kappa shape index (κ2) is 4.79. The van der Waals surface area contributed by atoms with Crippen molar-refractivity contribution < 1.29 is 0 Å². The number of H-pyrrole nitrogens is 1. The number of nitrogens with one attached hydrogen (secondary N) is 3. The van der Waals surface area contributed by atoms with Crippen molar-refractivity contribution in [3.63, 3.8) is 0 Å². The summed E-state index contributed by atoms with van der Waals surface area (Å²) >= 11 is 6.08. The van der Waals surface area contributed by atoms with E-state index in [1.54, 1.807) is 0 Å². The SMILES string of the molecule is Clc1ccc2c(c1)Cc1c(NC3CCNCC3)n[nH]c1-2. The maximum Gasteiger partial charge on any atom is 0.152 e. The number of hydrogen-bond acceptors (Lipinski definition) is 3. The molecule has 2 heterocycles. The zero-order valence-corrected chi connectivity index (χ0v) is 11.9. The maximum atomic E-state index is 6.08. The number of aromatic nitrogens is 2. The molecular weight excluding hydrogens is 272 g/mol. The number of nitrogens with zero attached hydrogens (tertiary/aromatic N) is 1. The van der Waals surface area contributed by atoms with Crippen LogP contribution in [0.15, 0.2) is 18.2 Å². The van der Waals surface area contributed by atoms with Gasteiger partial charge in [-0.3, -0.25) is 5.10 Å². The van der Waals surface area contributed by atoms with E-state index in [0.29, 0.717) is 6.04 Å². The minimum absolute atomic E-state index is 0.524. The fourth-order valence-electron chi connectivity index (χ4n) is 3.18. The van der Waals surface area contributed by atoms with Crippen LogP contribution in [0.2, 0.25) is 5.02 Å². The van der Waals surface area contributed by atoms with Crippen LogP contribution < -0.4 is 10.6 Å². The molecule has 0 radical (unpaired) electrons. The number of rotatable bonds is 2. The zero-order chi connectivity index (χ0) is 13.5. The highest BCUT2D eigenvalue weighted by Crippen LogP contribution is 2.39. The van der Waals surface area contributed by atoms with Crippen LogP contribution in [0.25, 0.3) is 11.3 Å². The molecule has 0 unspecified atom stereocenters. The Bertz CT molecular complexity index is 643. The van der Waals surface area contributed by atoms with Gasteiger partial charge in [-0.25, -0.2) is 0 Å². The van der Waals surface area contributed by atoms with E-state index in [4.69, 9.17) is 11.6 Å². The van der Waals surface area contributed by atoms with Crippen LogP contribution >= 0.6 is 11.6 Å². The van der Waals surface area contributed by atoms with Gasteiger partial charge in [0.05, 0.1) is 5.69 Å². The molecule has 0 saturated carbocycles. The molecule has 20 heavy (non-hydrogen) atoms. The van der Waals surface area contributed by atoms with Crippen LogP contribution in [0.5, 0.6) is 0 Å². The summed E-state index contributed by atoms with van der Waals surface area (Å²) in [5.74, 6) is 1.01. The van der Waals surface area contributed by atoms with Gasteiger partial charge in [0, 0.05) is 28.6 Å². The van der Waals surface area contributed by atoms with Gasteiger partial charge in [-0.2, -0.15) is 5.10 Å². The first kappa shape index (κ1) is 12.2. The van der Waals surface area contributed by atoms with Gasteiger partial charge in [0.25, 0.3) is 0 Å². The summed E-state index contributed by atoms with van der Waals surface area (Å²) in [5.41, 5.74) is 4.94. The highest BCUT2D eigenvalue weighted by molar-refractivity contribution is 6.30. The number of hydrogen-bond donors (Lipinski definition) is 3. The van der Waals surface area contributed by atoms with E-state index in [1.165, 1.54) is 16.7 Å². The third kappa shape index (κ3) is 2.00. The first-order valence-electron chi connectivity index (χ1n) is 7.14. The van der Waals surface area contributed by atoms with Crippen LogP contribution in [0.3, 0.4) is 0 Å². The van der Waals surface area contributed by atoms with Gasteiger partial charge in [-0.15, -0.1) is 0 Å². The van der Waals surface area contributed by atoms with Gasteiger partial charge in [0.1, 0.15) is 0 Å². The second-order valence-corrected chi connectivity index (χ2v) is 6.01. The predicted octanol–water partition coefficient (Wildman–Crippen LogP) is 2.80. The highest BCUT2D eigenvalue weighted by Gasteiger charge is 2.26. The molecule has 1 aromatic heterocycles. The summed E-state index contributed by atoms with van der Waals surface area (Å²) < 4.78 is 0. The molecule has 4 rings (SSSR count). The molecule has 2 aliphatic rings. The number of halogens is 1. The molecule has 2 aromatic rings. The number of anilines is 1. The predicted molar refractivity (Wildman–Crippen MR) is 81.4 cm³/mol. The molecule has 4 nitrogen and oxygen atoms in total. The van der Waals surface area contributed by atoms with Crippen LogP contribution in [-0.2, 0) is 6.42 Å². The first-order chi connectivity index (χ1) is 9.81. The van der Waals surface area contributed by atoms with Crippen LogP contribution in [-0.4, -0.2) is 29.3 Å². The summed E-state index contributed by atoms with van der Waals surface area (Å²) in [5, 5.41) is 15.4. The summed E-state index contributed by atoms with van der Waals surface area (Å²) in [7, 11) is 0. The van der Waals surface area contributed by atoms with E-state index >= 15 is 0 Å². The van der Waals surface area contributed by atoms with E-state index < -0.39 is 0 Å².